The maximum Gasteiger partial charge on any atom is 0.0254 e. The van der Waals surface area contributed by atoms with Crippen molar-refractivity contribution in [1.82, 2.24) is 9.80 Å². The molecule has 2 fully saturated rings. The van der Waals surface area contributed by atoms with Gasteiger partial charge in [-0.3, -0.25) is 4.90 Å². The zero-order valence-electron chi connectivity index (χ0n) is 10.9. The van der Waals surface area contributed by atoms with Crippen molar-refractivity contribution < 1.29 is 0 Å². The molecule has 0 amide bonds. The third kappa shape index (κ3) is 2.76. The van der Waals surface area contributed by atoms with Gasteiger partial charge in [-0.2, -0.15) is 0 Å². The maximum absolute atomic E-state index is 5.77. The molecule has 2 rings (SSSR count). The van der Waals surface area contributed by atoms with Gasteiger partial charge in [0.25, 0.3) is 0 Å². The molecule has 0 aromatic rings. The molecule has 3 nitrogen and oxygen atoms in total. The molecule has 0 bridgehead atoms. The van der Waals surface area contributed by atoms with Crippen molar-refractivity contribution in [2.75, 3.05) is 27.2 Å². The summed E-state index contributed by atoms with van der Waals surface area (Å²) in [5, 5.41) is 0. The van der Waals surface area contributed by atoms with Gasteiger partial charge in [-0.15, -0.1) is 0 Å². The van der Waals surface area contributed by atoms with Gasteiger partial charge in [0.05, 0.1) is 0 Å². The van der Waals surface area contributed by atoms with Crippen LogP contribution in [0.1, 0.15) is 38.5 Å². The molecule has 16 heavy (non-hydrogen) atoms. The first-order valence-corrected chi connectivity index (χ1v) is 6.86. The Morgan fingerprint density at radius 3 is 2.12 bits per heavy atom. The lowest BCUT2D eigenvalue weighted by atomic mass is 9.88. The lowest BCUT2D eigenvalue weighted by molar-refractivity contribution is 0.0700. The molecule has 2 N–H and O–H groups in total. The Labute approximate surface area is 100.0 Å². The Balaban J connectivity index is 2.01. The van der Waals surface area contributed by atoms with Gasteiger partial charge >= 0.3 is 0 Å². The summed E-state index contributed by atoms with van der Waals surface area (Å²) in [4.78, 5) is 5.14. The smallest absolute Gasteiger partial charge is 0.0254 e. The van der Waals surface area contributed by atoms with E-state index in [1.165, 1.54) is 38.5 Å². The fraction of sp³-hybridized carbons (Fsp3) is 1.00. The van der Waals surface area contributed by atoms with E-state index in [1.54, 1.807) is 0 Å². The van der Waals surface area contributed by atoms with Crippen LogP contribution in [0.2, 0.25) is 0 Å². The molecule has 3 heteroatoms. The van der Waals surface area contributed by atoms with Crippen LogP contribution in [0.15, 0.2) is 0 Å². The Morgan fingerprint density at radius 1 is 1.00 bits per heavy atom. The molecule has 2 aliphatic carbocycles. The van der Waals surface area contributed by atoms with Crippen molar-refractivity contribution in [3.63, 3.8) is 0 Å². The van der Waals surface area contributed by atoms with Crippen LogP contribution in [0.4, 0.5) is 0 Å². The van der Waals surface area contributed by atoms with Crippen LogP contribution >= 0.6 is 0 Å². The molecule has 0 radical (unpaired) electrons. The van der Waals surface area contributed by atoms with E-state index < -0.39 is 0 Å². The van der Waals surface area contributed by atoms with Crippen LogP contribution in [0.5, 0.6) is 0 Å². The van der Waals surface area contributed by atoms with Gasteiger partial charge in [-0.25, -0.2) is 0 Å². The predicted octanol–water partition coefficient (Wildman–Crippen LogP) is 1.28. The number of likely N-dealkylation sites (N-methyl/N-ethyl adjacent to an activating group) is 1. The zero-order valence-corrected chi connectivity index (χ0v) is 10.9. The van der Waals surface area contributed by atoms with Crippen LogP contribution in [0, 0.1) is 0 Å². The molecule has 0 aromatic heterocycles. The van der Waals surface area contributed by atoms with E-state index in [4.69, 9.17) is 5.73 Å². The van der Waals surface area contributed by atoms with Crippen molar-refractivity contribution >= 4 is 0 Å². The van der Waals surface area contributed by atoms with E-state index >= 15 is 0 Å². The minimum Gasteiger partial charge on any atom is -0.329 e. The van der Waals surface area contributed by atoms with Crippen LogP contribution in [-0.4, -0.2) is 55.1 Å². The quantitative estimate of drug-likeness (QED) is 0.765. The molecule has 0 aliphatic heterocycles. The monoisotopic (exact) mass is 225 g/mol. The molecular weight excluding hydrogens is 198 g/mol. The fourth-order valence-electron chi connectivity index (χ4n) is 3.26. The number of nitrogens with zero attached hydrogens (tertiary/aromatic N) is 2. The Bertz CT molecular complexity index is 213. The van der Waals surface area contributed by atoms with Crippen molar-refractivity contribution in [3.8, 4) is 0 Å². The molecular formula is C13H27N3. The molecule has 0 spiro atoms. The van der Waals surface area contributed by atoms with Crippen molar-refractivity contribution in [3.05, 3.63) is 0 Å². The second-order valence-electron chi connectivity index (χ2n) is 5.64. The van der Waals surface area contributed by atoms with Gasteiger partial charge in [0.1, 0.15) is 0 Å². The van der Waals surface area contributed by atoms with E-state index in [1.807, 2.05) is 0 Å². The average molecular weight is 225 g/mol. The van der Waals surface area contributed by atoms with Crippen molar-refractivity contribution in [2.45, 2.75) is 56.7 Å². The molecule has 2 aliphatic rings. The van der Waals surface area contributed by atoms with Crippen molar-refractivity contribution in [1.29, 1.82) is 0 Å². The predicted molar refractivity (Wildman–Crippen MR) is 68.5 cm³/mol. The van der Waals surface area contributed by atoms with Crippen LogP contribution < -0.4 is 5.73 Å². The molecule has 2 saturated carbocycles. The van der Waals surface area contributed by atoms with Gasteiger partial charge in [0.2, 0.25) is 0 Å². The van der Waals surface area contributed by atoms with Gasteiger partial charge in [0, 0.05) is 31.2 Å². The van der Waals surface area contributed by atoms with Gasteiger partial charge in [-0.05, 0) is 39.8 Å². The fourth-order valence-corrected chi connectivity index (χ4v) is 3.26. The highest BCUT2D eigenvalue weighted by atomic mass is 15.3. The molecule has 2 atom stereocenters. The highest BCUT2D eigenvalue weighted by Gasteiger charge is 2.38. The third-order valence-electron chi connectivity index (χ3n) is 4.19. The van der Waals surface area contributed by atoms with Crippen molar-refractivity contribution in [2.24, 2.45) is 5.73 Å². The standard InChI is InChI=1S/C13H27N3/c1-15(2)12-5-3-4-6-13(12)16(10-9-14)11-7-8-11/h11-13H,3-10,14H2,1-2H3/t12-,13+/m0/s1. The van der Waals surface area contributed by atoms with Crippen LogP contribution in [0.25, 0.3) is 0 Å². The summed E-state index contributed by atoms with van der Waals surface area (Å²) in [7, 11) is 4.47. The molecule has 0 heterocycles. The lowest BCUT2D eigenvalue weighted by Crippen LogP contribution is -2.53. The average Bonchev–Trinajstić information content (AvgIpc) is 3.10. The summed E-state index contributed by atoms with van der Waals surface area (Å²) in [5.41, 5.74) is 5.77. The van der Waals surface area contributed by atoms with E-state index in [0.717, 1.165) is 31.2 Å². The topological polar surface area (TPSA) is 32.5 Å². The summed E-state index contributed by atoms with van der Waals surface area (Å²) < 4.78 is 0. The first-order chi connectivity index (χ1) is 7.74. The normalized spacial score (nSPS) is 31.3. The summed E-state index contributed by atoms with van der Waals surface area (Å²) >= 11 is 0. The highest BCUT2D eigenvalue weighted by Crippen LogP contribution is 2.34. The first kappa shape index (κ1) is 12.3. The maximum atomic E-state index is 5.77. The van der Waals surface area contributed by atoms with Crippen LogP contribution in [-0.2, 0) is 0 Å². The Hall–Kier alpha value is -0.120. The minimum absolute atomic E-state index is 0.751. The first-order valence-electron chi connectivity index (χ1n) is 6.86. The zero-order chi connectivity index (χ0) is 11.5. The second-order valence-corrected chi connectivity index (χ2v) is 5.64. The Morgan fingerprint density at radius 2 is 1.62 bits per heavy atom. The van der Waals surface area contributed by atoms with E-state index in [9.17, 15) is 0 Å². The van der Waals surface area contributed by atoms with Gasteiger partial charge < -0.3 is 10.6 Å². The minimum atomic E-state index is 0.751. The molecule has 0 saturated heterocycles. The number of hydrogen-bond acceptors (Lipinski definition) is 3. The number of nitrogens with two attached hydrogens (primary N) is 1. The molecule has 0 unspecified atom stereocenters. The van der Waals surface area contributed by atoms with E-state index in [2.05, 4.69) is 23.9 Å². The molecule has 94 valence electrons. The second kappa shape index (κ2) is 5.48. The third-order valence-corrected chi connectivity index (χ3v) is 4.19. The van der Waals surface area contributed by atoms with Crippen LogP contribution in [0.3, 0.4) is 0 Å². The van der Waals surface area contributed by atoms with Gasteiger partial charge in [-0.1, -0.05) is 12.8 Å². The largest absolute Gasteiger partial charge is 0.329 e. The number of rotatable bonds is 5. The van der Waals surface area contributed by atoms with Gasteiger partial charge in [0.15, 0.2) is 0 Å². The SMILES string of the molecule is CN(C)[C@H]1CCCC[C@H]1N(CCN)C1CC1. The highest BCUT2D eigenvalue weighted by molar-refractivity contribution is 4.95. The Kier molecular flexibility index (Phi) is 4.22. The van der Waals surface area contributed by atoms with E-state index in [0.29, 0.717) is 0 Å². The van der Waals surface area contributed by atoms with E-state index in [-0.39, 0.29) is 0 Å². The lowest BCUT2D eigenvalue weighted by Gasteiger charge is -2.43. The summed E-state index contributed by atoms with van der Waals surface area (Å²) in [6.07, 6.45) is 8.35. The number of hydrogen-bond donors (Lipinski definition) is 1. The molecule has 0 aromatic carbocycles. The summed E-state index contributed by atoms with van der Waals surface area (Å²) in [6, 6.07) is 2.37. The summed E-state index contributed by atoms with van der Waals surface area (Å²) in [5.74, 6) is 0. The summed E-state index contributed by atoms with van der Waals surface area (Å²) in [6.45, 7) is 1.91.